The number of esters is 1. The molecule has 2 aromatic carbocycles. The van der Waals surface area contributed by atoms with Crippen LogP contribution in [-0.4, -0.2) is 37.0 Å². The van der Waals surface area contributed by atoms with Crippen LogP contribution in [0.4, 0.5) is 10.1 Å². The summed E-state index contributed by atoms with van der Waals surface area (Å²) < 4.78 is 28.3. The number of aliphatic carboxylic acids is 1. The van der Waals surface area contributed by atoms with Crippen LogP contribution in [0.1, 0.15) is 30.5 Å². The van der Waals surface area contributed by atoms with Crippen LogP contribution in [0.2, 0.25) is 5.02 Å². The molecule has 194 valence electrons. The maximum Gasteiger partial charge on any atom is 0.307 e. The Balaban J connectivity index is 1.57. The summed E-state index contributed by atoms with van der Waals surface area (Å²) in [5.74, 6) is -2.10. The van der Waals surface area contributed by atoms with Gasteiger partial charge in [0, 0.05) is 29.7 Å². The summed E-state index contributed by atoms with van der Waals surface area (Å²) in [6, 6.07) is 9.28. The number of halogens is 3. The summed E-state index contributed by atoms with van der Waals surface area (Å²) in [4.78, 5) is 25.9. The van der Waals surface area contributed by atoms with E-state index in [0.717, 1.165) is 0 Å². The highest BCUT2D eigenvalue weighted by Crippen LogP contribution is 2.37. The van der Waals surface area contributed by atoms with Gasteiger partial charge in [-0.25, -0.2) is 13.9 Å². The van der Waals surface area contributed by atoms with Gasteiger partial charge in [0.05, 0.1) is 22.9 Å². The van der Waals surface area contributed by atoms with E-state index in [9.17, 15) is 9.59 Å². The van der Waals surface area contributed by atoms with E-state index in [1.54, 1.807) is 18.2 Å². The molecular formula is C25H18BrClFN5O5. The normalized spacial score (nSPS) is 10.8. The molecule has 13 heteroatoms. The van der Waals surface area contributed by atoms with Crippen LogP contribution in [-0.2, 0) is 27.5 Å². The second kappa shape index (κ2) is 12.0. The Morgan fingerprint density at radius 1 is 1.21 bits per heavy atom. The maximum atomic E-state index is 15.6. The first kappa shape index (κ1) is 27.0. The third-order valence-electron chi connectivity index (χ3n) is 5.31. The minimum atomic E-state index is -0.995. The van der Waals surface area contributed by atoms with E-state index in [0.29, 0.717) is 21.2 Å². The van der Waals surface area contributed by atoms with Gasteiger partial charge in [-0.3, -0.25) is 9.59 Å². The fourth-order valence-corrected chi connectivity index (χ4v) is 4.18. The summed E-state index contributed by atoms with van der Waals surface area (Å²) in [7, 11) is 0. The number of carbonyl (C=O) groups is 2. The van der Waals surface area contributed by atoms with Crippen LogP contribution in [0, 0.1) is 12.4 Å². The van der Waals surface area contributed by atoms with Crippen LogP contribution >= 0.6 is 27.5 Å². The Morgan fingerprint density at radius 3 is 2.79 bits per heavy atom. The number of rotatable bonds is 10. The monoisotopic (exact) mass is 601 g/mol. The first-order valence-corrected chi connectivity index (χ1v) is 12.3. The van der Waals surface area contributed by atoms with Crippen molar-refractivity contribution in [1.29, 1.82) is 0 Å². The zero-order valence-corrected chi connectivity index (χ0v) is 21.9. The second-order valence-electron chi connectivity index (χ2n) is 7.99. The van der Waals surface area contributed by atoms with E-state index >= 15 is 4.39 Å². The molecule has 2 heterocycles. The van der Waals surface area contributed by atoms with Gasteiger partial charge in [0.1, 0.15) is 5.75 Å². The molecule has 0 unspecified atom stereocenters. The third-order valence-corrected chi connectivity index (χ3v) is 6.15. The molecule has 1 N–H and O–H groups in total. The predicted octanol–water partition coefficient (Wildman–Crippen LogP) is 6.07. The Labute approximate surface area is 228 Å². The lowest BCUT2D eigenvalue weighted by Gasteiger charge is -2.12. The van der Waals surface area contributed by atoms with Gasteiger partial charge in [-0.05, 0) is 58.2 Å². The minimum absolute atomic E-state index is 0.0546. The highest BCUT2D eigenvalue weighted by atomic mass is 79.9. The second-order valence-corrected chi connectivity index (χ2v) is 9.28. The smallest absolute Gasteiger partial charge is 0.307 e. The number of carboxylic acids is 1. The number of carboxylic acid groups (broad SMARTS) is 1. The molecule has 0 saturated carbocycles. The Hall–Kier alpha value is -4.08. The maximum absolute atomic E-state index is 15.6. The number of hydrogen-bond acceptors (Lipinski definition) is 7. The van der Waals surface area contributed by atoms with Crippen molar-refractivity contribution < 1.29 is 28.6 Å². The highest BCUT2D eigenvalue weighted by Gasteiger charge is 2.19. The largest absolute Gasteiger partial charge is 0.481 e. The summed E-state index contributed by atoms with van der Waals surface area (Å²) in [6.45, 7) is 6.92. The first-order chi connectivity index (χ1) is 18.2. The number of carbonyl (C=O) groups excluding carboxylic acids is 1. The molecule has 0 aliphatic carbocycles. The quantitative estimate of drug-likeness (QED) is 0.172. The highest BCUT2D eigenvalue weighted by molar-refractivity contribution is 9.10. The summed E-state index contributed by atoms with van der Waals surface area (Å²) in [5, 5.41) is 21.9. The fourth-order valence-electron chi connectivity index (χ4n) is 3.57. The number of ether oxygens (including phenoxy) is 2. The average Bonchev–Trinajstić information content (AvgIpc) is 3.23. The molecule has 0 saturated heterocycles. The lowest BCUT2D eigenvalue weighted by Crippen LogP contribution is -2.12. The lowest BCUT2D eigenvalue weighted by molar-refractivity contribution is -0.148. The van der Waals surface area contributed by atoms with Crippen molar-refractivity contribution in [3.63, 3.8) is 0 Å². The molecule has 0 atom stereocenters. The van der Waals surface area contributed by atoms with Crippen molar-refractivity contribution in [1.82, 2.24) is 20.0 Å². The van der Waals surface area contributed by atoms with Gasteiger partial charge in [-0.15, -0.1) is 5.10 Å². The fraction of sp³-hybridized carbons (Fsp3) is 0.200. The lowest BCUT2D eigenvalue weighted by atomic mass is 10.1. The molecule has 0 aliphatic heterocycles. The van der Waals surface area contributed by atoms with Crippen molar-refractivity contribution in [2.75, 3.05) is 0 Å². The van der Waals surface area contributed by atoms with E-state index in [-0.39, 0.29) is 60.2 Å². The first-order valence-electron chi connectivity index (χ1n) is 11.1. The van der Waals surface area contributed by atoms with Gasteiger partial charge in [-0.2, -0.15) is 10.2 Å². The molecule has 2 aromatic heterocycles. The molecule has 0 spiro atoms. The molecule has 4 aromatic rings. The molecular weight excluding hydrogens is 585 g/mol. The van der Waals surface area contributed by atoms with Gasteiger partial charge in [0.2, 0.25) is 0 Å². The Kier molecular flexibility index (Phi) is 8.50. The number of hydrogen-bond donors (Lipinski definition) is 1. The van der Waals surface area contributed by atoms with Crippen molar-refractivity contribution >= 4 is 56.2 Å². The topological polar surface area (TPSA) is 121 Å². The molecule has 4 rings (SSSR count). The van der Waals surface area contributed by atoms with Crippen molar-refractivity contribution in [3.05, 3.63) is 80.6 Å². The SMILES string of the molecule is [C-]#[N+]c1cc(Cl)cc(Oc2c(Br)ccc(Cc3nn(COC(=O)CCCC(=O)O)c4nnccc34)c2F)c1. The van der Waals surface area contributed by atoms with Crippen LogP contribution < -0.4 is 4.74 Å². The van der Waals surface area contributed by atoms with E-state index in [1.165, 1.54) is 29.1 Å². The summed E-state index contributed by atoms with van der Waals surface area (Å²) in [6.07, 6.45) is 1.48. The van der Waals surface area contributed by atoms with Crippen LogP contribution in [0.5, 0.6) is 11.5 Å². The molecule has 0 radical (unpaired) electrons. The van der Waals surface area contributed by atoms with Crippen LogP contribution in [0.25, 0.3) is 15.9 Å². The molecule has 0 fully saturated rings. The van der Waals surface area contributed by atoms with Gasteiger partial charge >= 0.3 is 11.9 Å². The van der Waals surface area contributed by atoms with Gasteiger partial charge in [0.15, 0.2) is 29.6 Å². The summed E-state index contributed by atoms with van der Waals surface area (Å²) in [5.41, 5.74) is 1.31. The number of nitrogens with zero attached hydrogens (tertiary/aromatic N) is 5. The van der Waals surface area contributed by atoms with Crippen molar-refractivity contribution in [3.8, 4) is 11.5 Å². The van der Waals surface area contributed by atoms with Crippen molar-refractivity contribution in [2.45, 2.75) is 32.4 Å². The van der Waals surface area contributed by atoms with Gasteiger partial charge < -0.3 is 14.6 Å². The van der Waals surface area contributed by atoms with Gasteiger partial charge in [0.25, 0.3) is 0 Å². The Bertz CT molecular complexity index is 1570. The zero-order valence-electron chi connectivity index (χ0n) is 19.5. The van der Waals surface area contributed by atoms with Crippen LogP contribution in [0.3, 0.4) is 0 Å². The van der Waals surface area contributed by atoms with Gasteiger partial charge in [-0.1, -0.05) is 17.7 Å². The third kappa shape index (κ3) is 6.42. The number of benzene rings is 2. The average molecular weight is 603 g/mol. The van der Waals surface area contributed by atoms with Crippen LogP contribution in [0.15, 0.2) is 47.1 Å². The molecule has 0 aliphatic rings. The minimum Gasteiger partial charge on any atom is -0.481 e. The van der Waals surface area contributed by atoms with E-state index in [2.05, 4.69) is 36.1 Å². The van der Waals surface area contributed by atoms with Crippen molar-refractivity contribution in [2.24, 2.45) is 0 Å². The number of aromatic nitrogens is 4. The van der Waals surface area contributed by atoms with E-state index in [4.69, 9.17) is 32.8 Å². The van der Waals surface area contributed by atoms with E-state index < -0.39 is 17.8 Å². The van der Waals surface area contributed by atoms with E-state index in [1.807, 2.05) is 0 Å². The summed E-state index contributed by atoms with van der Waals surface area (Å²) >= 11 is 9.35. The number of fused-ring (bicyclic) bond motifs is 1. The standard InChI is InChI=1S/C25H18BrClFN5O5/c1-29-16-10-15(27)11-17(12-16)38-24-19(26)6-5-14(23(24)28)9-20-18-7-8-30-31-25(18)33(32-20)13-37-22(36)4-2-3-21(34)35/h5-8,10-12H,2-4,9,13H2,(H,34,35). The molecule has 0 amide bonds. The molecule has 10 nitrogen and oxygen atoms in total. The molecule has 0 bridgehead atoms. The molecule has 38 heavy (non-hydrogen) atoms. The Morgan fingerprint density at radius 2 is 2.03 bits per heavy atom. The predicted molar refractivity (Wildman–Crippen MR) is 138 cm³/mol. The zero-order chi connectivity index (χ0) is 27.2.